The Hall–Kier alpha value is -0.170. The van der Waals surface area contributed by atoms with E-state index in [4.69, 9.17) is 0 Å². The quantitative estimate of drug-likeness (QED) is 0.567. The molecule has 21 heavy (non-hydrogen) atoms. The van der Waals surface area contributed by atoms with Gasteiger partial charge in [-0.25, -0.2) is 13.1 Å². The summed E-state index contributed by atoms with van der Waals surface area (Å²) in [5.41, 5.74) is 0. The van der Waals surface area contributed by atoms with E-state index in [-0.39, 0.29) is 5.75 Å². The zero-order valence-corrected chi connectivity index (χ0v) is 14.6. The summed E-state index contributed by atoms with van der Waals surface area (Å²) in [4.78, 5) is 2.48. The van der Waals surface area contributed by atoms with E-state index in [1.807, 2.05) is 0 Å². The van der Waals surface area contributed by atoms with Crippen molar-refractivity contribution in [3.05, 3.63) is 0 Å². The normalized spacial score (nSPS) is 20.8. The summed E-state index contributed by atoms with van der Waals surface area (Å²) in [6, 6.07) is 0.654. The minimum atomic E-state index is -3.08. The zero-order valence-electron chi connectivity index (χ0n) is 13.7. The van der Waals surface area contributed by atoms with Crippen LogP contribution in [0.2, 0.25) is 0 Å². The molecule has 0 saturated carbocycles. The Balaban J connectivity index is 2.07. The van der Waals surface area contributed by atoms with Gasteiger partial charge in [0, 0.05) is 12.6 Å². The van der Waals surface area contributed by atoms with E-state index in [0.29, 0.717) is 12.6 Å². The fraction of sp³-hybridized carbons (Fsp3) is 1.00. The first kappa shape index (κ1) is 18.9. The number of likely N-dealkylation sites (tertiary alicyclic amines) is 1. The molecule has 1 atom stereocenters. The fourth-order valence-corrected chi connectivity index (χ4v) is 3.97. The van der Waals surface area contributed by atoms with E-state index in [2.05, 4.69) is 28.8 Å². The molecule has 5 nitrogen and oxygen atoms in total. The Kier molecular flexibility index (Phi) is 9.47. The smallest absolute Gasteiger partial charge is 0.211 e. The van der Waals surface area contributed by atoms with Crippen LogP contribution in [0.3, 0.4) is 0 Å². The van der Waals surface area contributed by atoms with Crippen LogP contribution < -0.4 is 10.0 Å². The Morgan fingerprint density at radius 3 is 2.67 bits per heavy atom. The summed E-state index contributed by atoms with van der Waals surface area (Å²) in [7, 11) is -3.08. The van der Waals surface area contributed by atoms with E-state index >= 15 is 0 Å². The molecule has 1 aliphatic heterocycles. The number of nitrogens with one attached hydrogen (secondary N) is 2. The lowest BCUT2D eigenvalue weighted by molar-refractivity contribution is 0.159. The molecule has 0 aromatic heterocycles. The fourth-order valence-electron chi connectivity index (χ4n) is 2.79. The number of hydrogen-bond donors (Lipinski definition) is 2. The average Bonchev–Trinajstić information content (AvgIpc) is 2.45. The van der Waals surface area contributed by atoms with Gasteiger partial charge in [-0.3, -0.25) is 0 Å². The van der Waals surface area contributed by atoms with Gasteiger partial charge in [0.2, 0.25) is 10.0 Å². The standard InChI is InChI=1S/C15H33N3O2S/c1-3-16-10-5-7-14-21(19,20)17-11-8-13-18-12-6-4-9-15(18)2/h15-17H,3-14H2,1-2H3. The van der Waals surface area contributed by atoms with Crippen LogP contribution in [-0.4, -0.2) is 57.8 Å². The Morgan fingerprint density at radius 2 is 1.95 bits per heavy atom. The summed E-state index contributed by atoms with van der Waals surface area (Å²) in [6.45, 7) is 8.91. The molecule has 0 aromatic carbocycles. The molecule has 126 valence electrons. The molecule has 0 spiro atoms. The maximum atomic E-state index is 11.8. The molecular weight excluding hydrogens is 286 g/mol. The van der Waals surface area contributed by atoms with Gasteiger partial charge >= 0.3 is 0 Å². The van der Waals surface area contributed by atoms with Crippen molar-refractivity contribution in [2.24, 2.45) is 0 Å². The topological polar surface area (TPSA) is 61.4 Å². The highest BCUT2D eigenvalue weighted by Crippen LogP contribution is 2.16. The van der Waals surface area contributed by atoms with Gasteiger partial charge in [0.15, 0.2) is 0 Å². The zero-order chi connectivity index (χ0) is 15.6. The maximum absolute atomic E-state index is 11.8. The predicted octanol–water partition coefficient (Wildman–Crippen LogP) is 1.56. The second kappa shape index (κ2) is 10.5. The lowest BCUT2D eigenvalue weighted by atomic mass is 10.0. The van der Waals surface area contributed by atoms with E-state index in [1.165, 1.54) is 25.8 Å². The minimum absolute atomic E-state index is 0.249. The molecule has 0 aromatic rings. The number of nitrogens with zero attached hydrogens (tertiary/aromatic N) is 1. The third kappa shape index (κ3) is 8.76. The van der Waals surface area contributed by atoms with Crippen molar-refractivity contribution in [1.29, 1.82) is 0 Å². The number of unbranched alkanes of at least 4 members (excludes halogenated alkanes) is 1. The van der Waals surface area contributed by atoms with E-state index < -0.39 is 10.0 Å². The van der Waals surface area contributed by atoms with Crippen molar-refractivity contribution in [1.82, 2.24) is 14.9 Å². The largest absolute Gasteiger partial charge is 0.317 e. The monoisotopic (exact) mass is 319 g/mol. The molecule has 6 heteroatoms. The Morgan fingerprint density at radius 1 is 1.14 bits per heavy atom. The van der Waals surface area contributed by atoms with Crippen LogP contribution in [0, 0.1) is 0 Å². The molecule has 0 bridgehead atoms. The van der Waals surface area contributed by atoms with Gasteiger partial charge < -0.3 is 10.2 Å². The highest BCUT2D eigenvalue weighted by atomic mass is 32.2. The van der Waals surface area contributed by atoms with E-state index in [9.17, 15) is 8.42 Å². The predicted molar refractivity (Wildman–Crippen MR) is 89.1 cm³/mol. The molecular formula is C15H33N3O2S. The highest BCUT2D eigenvalue weighted by Gasteiger charge is 2.17. The van der Waals surface area contributed by atoms with Crippen molar-refractivity contribution in [3.63, 3.8) is 0 Å². The van der Waals surface area contributed by atoms with Crippen molar-refractivity contribution in [2.75, 3.05) is 38.5 Å². The molecule has 1 fully saturated rings. The molecule has 1 heterocycles. The summed E-state index contributed by atoms with van der Waals surface area (Å²) < 4.78 is 26.4. The summed E-state index contributed by atoms with van der Waals surface area (Å²) in [6.07, 6.45) is 6.43. The minimum Gasteiger partial charge on any atom is -0.317 e. The first-order valence-corrected chi connectivity index (χ1v) is 10.1. The van der Waals surface area contributed by atoms with Gasteiger partial charge in [-0.15, -0.1) is 0 Å². The second-order valence-corrected chi connectivity index (χ2v) is 7.93. The molecule has 1 saturated heterocycles. The lowest BCUT2D eigenvalue weighted by Gasteiger charge is -2.33. The Bertz CT molecular complexity index is 360. The third-order valence-electron chi connectivity index (χ3n) is 4.15. The average molecular weight is 320 g/mol. The van der Waals surface area contributed by atoms with Gasteiger partial charge in [0.05, 0.1) is 5.75 Å². The molecule has 0 aliphatic carbocycles. The van der Waals surface area contributed by atoms with Gasteiger partial charge in [-0.1, -0.05) is 13.3 Å². The van der Waals surface area contributed by atoms with E-state index in [0.717, 1.165) is 38.9 Å². The number of piperidine rings is 1. The number of sulfonamides is 1. The van der Waals surface area contributed by atoms with Gasteiger partial charge in [0.1, 0.15) is 0 Å². The van der Waals surface area contributed by atoms with Crippen LogP contribution in [-0.2, 0) is 10.0 Å². The van der Waals surface area contributed by atoms with Crippen molar-refractivity contribution < 1.29 is 8.42 Å². The van der Waals surface area contributed by atoms with Gasteiger partial charge in [-0.05, 0) is 65.2 Å². The van der Waals surface area contributed by atoms with Crippen LogP contribution in [0.15, 0.2) is 0 Å². The third-order valence-corrected chi connectivity index (χ3v) is 5.62. The lowest BCUT2D eigenvalue weighted by Crippen LogP contribution is -2.39. The van der Waals surface area contributed by atoms with Crippen molar-refractivity contribution >= 4 is 10.0 Å². The van der Waals surface area contributed by atoms with Crippen LogP contribution in [0.25, 0.3) is 0 Å². The summed E-state index contributed by atoms with van der Waals surface area (Å²) in [5, 5.41) is 3.21. The van der Waals surface area contributed by atoms with Crippen LogP contribution in [0.1, 0.15) is 52.4 Å². The second-order valence-electron chi connectivity index (χ2n) is 6.01. The van der Waals surface area contributed by atoms with Crippen LogP contribution in [0.5, 0.6) is 0 Å². The molecule has 0 amide bonds. The molecule has 2 N–H and O–H groups in total. The van der Waals surface area contributed by atoms with Gasteiger partial charge in [-0.2, -0.15) is 0 Å². The molecule has 1 unspecified atom stereocenters. The first-order chi connectivity index (χ1) is 10.0. The van der Waals surface area contributed by atoms with Crippen LogP contribution in [0.4, 0.5) is 0 Å². The van der Waals surface area contributed by atoms with Crippen molar-refractivity contribution in [2.45, 2.75) is 58.4 Å². The molecule has 1 rings (SSSR count). The summed E-state index contributed by atoms with van der Waals surface area (Å²) in [5.74, 6) is 0.249. The first-order valence-electron chi connectivity index (χ1n) is 8.47. The highest BCUT2D eigenvalue weighted by molar-refractivity contribution is 7.89. The van der Waals surface area contributed by atoms with Gasteiger partial charge in [0.25, 0.3) is 0 Å². The number of hydrogen-bond acceptors (Lipinski definition) is 4. The molecule has 1 aliphatic rings. The molecule has 0 radical (unpaired) electrons. The number of rotatable bonds is 11. The SMILES string of the molecule is CCNCCCCS(=O)(=O)NCCCN1CCCCC1C. The Labute approximate surface area is 130 Å². The maximum Gasteiger partial charge on any atom is 0.211 e. The van der Waals surface area contributed by atoms with E-state index in [1.54, 1.807) is 0 Å². The van der Waals surface area contributed by atoms with Crippen molar-refractivity contribution in [3.8, 4) is 0 Å². The summed E-state index contributed by atoms with van der Waals surface area (Å²) >= 11 is 0. The van der Waals surface area contributed by atoms with Crippen LogP contribution >= 0.6 is 0 Å².